The molecule has 0 fully saturated rings. The number of nitrogens with zero attached hydrogens (tertiary/aromatic N) is 2. The molecule has 0 radical (unpaired) electrons. The van der Waals surface area contributed by atoms with Gasteiger partial charge in [0.2, 0.25) is 0 Å². The van der Waals surface area contributed by atoms with Crippen molar-refractivity contribution < 1.29 is 0 Å². The third-order valence-electron chi connectivity index (χ3n) is 10.2. The van der Waals surface area contributed by atoms with Crippen molar-refractivity contribution in [3.05, 3.63) is 173 Å². The number of fused-ring (bicyclic) bond motifs is 6. The van der Waals surface area contributed by atoms with Crippen molar-refractivity contribution in [1.82, 2.24) is 4.57 Å². The summed E-state index contributed by atoms with van der Waals surface area (Å²) in [6.45, 7) is 4.76. The fraction of sp³-hybridized carbons (Fsp3) is 0.111. The van der Waals surface area contributed by atoms with Gasteiger partial charge >= 0.3 is 0 Å². The Morgan fingerprint density at radius 1 is 0.617 bits per heavy atom. The SMILES string of the molecule is CC1(C)c2ccccc2-c2c1c1cc(-c3ccc(N(C4=c5ccccc5=CCC4)c4ccccc4)cc3)ccc1n2-c1ccccc1. The molecular formula is C45H36N2. The van der Waals surface area contributed by atoms with E-state index in [9.17, 15) is 0 Å². The molecule has 226 valence electrons. The molecule has 2 aliphatic rings. The van der Waals surface area contributed by atoms with Gasteiger partial charge in [0.25, 0.3) is 0 Å². The van der Waals surface area contributed by atoms with Crippen LogP contribution < -0.4 is 15.3 Å². The van der Waals surface area contributed by atoms with Crippen molar-refractivity contribution in [2.75, 3.05) is 4.90 Å². The zero-order valence-electron chi connectivity index (χ0n) is 26.8. The lowest BCUT2D eigenvalue weighted by atomic mass is 9.81. The smallest absolute Gasteiger partial charge is 0.0584 e. The second kappa shape index (κ2) is 10.7. The number of hydrogen-bond acceptors (Lipinski definition) is 1. The van der Waals surface area contributed by atoms with Gasteiger partial charge in [-0.3, -0.25) is 0 Å². The molecule has 9 rings (SSSR count). The van der Waals surface area contributed by atoms with Crippen LogP contribution in [0, 0.1) is 0 Å². The van der Waals surface area contributed by atoms with Crippen molar-refractivity contribution in [3.8, 4) is 28.1 Å². The summed E-state index contributed by atoms with van der Waals surface area (Å²) in [5.74, 6) is 0. The summed E-state index contributed by atoms with van der Waals surface area (Å²) in [5.41, 5.74) is 14.0. The minimum atomic E-state index is -0.103. The summed E-state index contributed by atoms with van der Waals surface area (Å²) < 4.78 is 2.47. The number of benzene rings is 6. The molecule has 0 N–H and O–H groups in total. The van der Waals surface area contributed by atoms with Gasteiger partial charge in [-0.05, 0) is 88.8 Å². The predicted molar refractivity (Wildman–Crippen MR) is 198 cm³/mol. The summed E-state index contributed by atoms with van der Waals surface area (Å²) in [6, 6.07) is 55.5. The van der Waals surface area contributed by atoms with Crippen LogP contribution in [-0.2, 0) is 5.41 Å². The first-order chi connectivity index (χ1) is 23.1. The summed E-state index contributed by atoms with van der Waals surface area (Å²) in [4.78, 5) is 2.45. The second-order valence-electron chi connectivity index (χ2n) is 13.3. The van der Waals surface area contributed by atoms with E-state index >= 15 is 0 Å². The maximum atomic E-state index is 2.47. The summed E-state index contributed by atoms with van der Waals surface area (Å²) in [5, 5.41) is 3.96. The molecule has 6 aromatic carbocycles. The molecule has 0 unspecified atom stereocenters. The van der Waals surface area contributed by atoms with E-state index in [2.05, 4.69) is 181 Å². The lowest BCUT2D eigenvalue weighted by molar-refractivity contribution is 0.666. The highest BCUT2D eigenvalue weighted by molar-refractivity contribution is 6.01. The van der Waals surface area contributed by atoms with Crippen LogP contribution in [0.3, 0.4) is 0 Å². The average Bonchev–Trinajstić information content (AvgIpc) is 3.59. The third kappa shape index (κ3) is 4.32. The Kier molecular flexibility index (Phi) is 6.33. The molecule has 47 heavy (non-hydrogen) atoms. The van der Waals surface area contributed by atoms with Crippen LogP contribution in [0.25, 0.3) is 50.7 Å². The number of hydrogen-bond donors (Lipinski definition) is 0. The zero-order valence-corrected chi connectivity index (χ0v) is 26.8. The molecule has 0 amide bonds. The Labute approximate surface area is 276 Å². The van der Waals surface area contributed by atoms with Crippen molar-refractivity contribution in [2.24, 2.45) is 0 Å². The molecule has 2 aliphatic carbocycles. The molecule has 2 heteroatoms. The van der Waals surface area contributed by atoms with E-state index in [1.165, 1.54) is 77.6 Å². The fourth-order valence-corrected chi connectivity index (χ4v) is 8.08. The molecule has 0 atom stereocenters. The summed E-state index contributed by atoms with van der Waals surface area (Å²) in [6.07, 6.45) is 4.41. The molecule has 0 aliphatic heterocycles. The van der Waals surface area contributed by atoms with E-state index in [1.54, 1.807) is 0 Å². The Hall–Kier alpha value is -5.60. The van der Waals surface area contributed by atoms with Gasteiger partial charge in [0.1, 0.15) is 0 Å². The third-order valence-corrected chi connectivity index (χ3v) is 10.2. The van der Waals surface area contributed by atoms with Gasteiger partial charge in [0.15, 0.2) is 0 Å². The monoisotopic (exact) mass is 604 g/mol. The van der Waals surface area contributed by atoms with Gasteiger partial charge in [-0.25, -0.2) is 0 Å². The van der Waals surface area contributed by atoms with E-state index in [-0.39, 0.29) is 5.41 Å². The van der Waals surface area contributed by atoms with Crippen LogP contribution in [0.15, 0.2) is 152 Å². The van der Waals surface area contributed by atoms with Crippen LogP contribution in [0.2, 0.25) is 0 Å². The van der Waals surface area contributed by atoms with Gasteiger partial charge in [0, 0.05) is 44.3 Å². The zero-order chi connectivity index (χ0) is 31.5. The normalized spacial score (nSPS) is 14.3. The van der Waals surface area contributed by atoms with Crippen LogP contribution in [0.4, 0.5) is 11.4 Å². The quantitative estimate of drug-likeness (QED) is 0.190. The van der Waals surface area contributed by atoms with E-state index in [0.29, 0.717) is 0 Å². The van der Waals surface area contributed by atoms with Gasteiger partial charge < -0.3 is 9.47 Å². The highest BCUT2D eigenvalue weighted by Crippen LogP contribution is 2.54. The Morgan fingerprint density at radius 3 is 2.09 bits per heavy atom. The van der Waals surface area contributed by atoms with Crippen molar-refractivity contribution in [1.29, 1.82) is 0 Å². The van der Waals surface area contributed by atoms with E-state index < -0.39 is 0 Å². The van der Waals surface area contributed by atoms with Crippen LogP contribution in [-0.4, -0.2) is 4.57 Å². The first-order valence-electron chi connectivity index (χ1n) is 16.7. The van der Waals surface area contributed by atoms with E-state index in [1.807, 2.05) is 0 Å². The molecule has 1 aromatic heterocycles. The molecule has 0 bridgehead atoms. The highest BCUT2D eigenvalue weighted by atomic mass is 15.1. The molecule has 0 saturated heterocycles. The van der Waals surface area contributed by atoms with Crippen LogP contribution in [0.1, 0.15) is 37.8 Å². The maximum absolute atomic E-state index is 2.47. The standard InChI is InChI=1S/C45H36N2/c1-45(2)40-22-12-11-21-38(40)44-43(45)39-30-33(26-29-42(39)47(44)35-18-7-4-8-19-35)31-24-27-36(28-25-31)46(34-16-5-3-6-17-34)41-23-13-15-32-14-9-10-20-37(32)41/h3-12,14-22,24-30H,13,23H2,1-2H3. The van der Waals surface area contributed by atoms with Crippen LogP contribution >= 0.6 is 0 Å². The minimum Gasteiger partial charge on any atom is -0.314 e. The molecule has 1 heterocycles. The lowest BCUT2D eigenvalue weighted by Crippen LogP contribution is -2.34. The van der Waals surface area contributed by atoms with Gasteiger partial charge in [0.05, 0.1) is 11.2 Å². The van der Waals surface area contributed by atoms with Crippen molar-refractivity contribution in [2.45, 2.75) is 32.1 Å². The Bertz CT molecular complexity index is 2410. The molecule has 7 aromatic rings. The first kappa shape index (κ1) is 27.7. The highest BCUT2D eigenvalue weighted by Gasteiger charge is 2.40. The minimum absolute atomic E-state index is 0.103. The lowest BCUT2D eigenvalue weighted by Gasteiger charge is -2.29. The van der Waals surface area contributed by atoms with Crippen molar-refractivity contribution >= 4 is 34.1 Å². The topological polar surface area (TPSA) is 8.17 Å². The second-order valence-corrected chi connectivity index (χ2v) is 13.3. The fourth-order valence-electron chi connectivity index (χ4n) is 8.08. The van der Waals surface area contributed by atoms with Crippen LogP contribution in [0.5, 0.6) is 0 Å². The van der Waals surface area contributed by atoms with Gasteiger partial charge in [-0.2, -0.15) is 0 Å². The molecule has 0 saturated carbocycles. The van der Waals surface area contributed by atoms with Gasteiger partial charge in [-0.15, -0.1) is 0 Å². The number of para-hydroxylation sites is 2. The van der Waals surface area contributed by atoms with E-state index in [4.69, 9.17) is 0 Å². The first-order valence-corrected chi connectivity index (χ1v) is 16.7. The molecule has 0 spiro atoms. The Balaban J connectivity index is 1.19. The summed E-state index contributed by atoms with van der Waals surface area (Å²) >= 11 is 0. The van der Waals surface area contributed by atoms with Crippen molar-refractivity contribution in [3.63, 3.8) is 0 Å². The molecule has 2 nitrogen and oxygen atoms in total. The number of rotatable bonds is 5. The van der Waals surface area contributed by atoms with E-state index in [0.717, 1.165) is 12.8 Å². The maximum Gasteiger partial charge on any atom is 0.0584 e. The number of aromatic nitrogens is 1. The van der Waals surface area contributed by atoms with Gasteiger partial charge in [-0.1, -0.05) is 123 Å². The Morgan fingerprint density at radius 2 is 1.28 bits per heavy atom. The molecular weight excluding hydrogens is 569 g/mol. The number of anilines is 2. The average molecular weight is 605 g/mol. The summed E-state index contributed by atoms with van der Waals surface area (Å²) in [7, 11) is 0. The largest absolute Gasteiger partial charge is 0.314 e. The predicted octanol–water partition coefficient (Wildman–Crippen LogP) is 10.1.